The van der Waals surface area contributed by atoms with E-state index in [1.807, 2.05) is 42.5 Å². The summed E-state index contributed by atoms with van der Waals surface area (Å²) in [6, 6.07) is 13.4. The van der Waals surface area contributed by atoms with Gasteiger partial charge in [0.2, 0.25) is 0 Å². The first-order valence-corrected chi connectivity index (χ1v) is 5.65. The monoisotopic (exact) mass is 281 g/mol. The quantitative estimate of drug-likeness (QED) is 0.773. The van der Waals surface area contributed by atoms with Gasteiger partial charge in [-0.1, -0.05) is 45.7 Å². The zero-order valence-electron chi connectivity index (χ0n) is 7.87. The number of hydrogen-bond donors (Lipinski definition) is 1. The molecule has 0 fully saturated rings. The second kappa shape index (κ2) is 4.25. The molecule has 0 aliphatic rings. The molecule has 2 aromatic rings. The molecule has 0 radical (unpaired) electrons. The Morgan fingerprint density at radius 1 is 1.00 bits per heavy atom. The van der Waals surface area contributed by atoms with Gasteiger partial charge in [0.05, 0.1) is 0 Å². The molecule has 2 aromatic carbocycles. The molecule has 0 aromatic heterocycles. The minimum absolute atomic E-state index is 0.710. The topological polar surface area (TPSA) is 26.0 Å². The van der Waals surface area contributed by atoms with Crippen LogP contribution in [0.4, 0.5) is 5.69 Å². The van der Waals surface area contributed by atoms with Crippen LogP contribution < -0.4 is 5.73 Å². The van der Waals surface area contributed by atoms with Crippen molar-refractivity contribution in [2.45, 2.75) is 0 Å². The van der Waals surface area contributed by atoms with Crippen LogP contribution >= 0.6 is 27.5 Å². The highest BCUT2D eigenvalue weighted by molar-refractivity contribution is 9.10. The van der Waals surface area contributed by atoms with Crippen LogP contribution in [0.3, 0.4) is 0 Å². The summed E-state index contributed by atoms with van der Waals surface area (Å²) in [4.78, 5) is 0. The fraction of sp³-hybridized carbons (Fsp3) is 0. The summed E-state index contributed by atoms with van der Waals surface area (Å²) in [6.07, 6.45) is 0. The van der Waals surface area contributed by atoms with E-state index < -0.39 is 0 Å². The molecule has 0 aliphatic carbocycles. The van der Waals surface area contributed by atoms with Gasteiger partial charge in [-0.15, -0.1) is 0 Å². The van der Waals surface area contributed by atoms with Gasteiger partial charge < -0.3 is 5.73 Å². The van der Waals surface area contributed by atoms with Crippen molar-refractivity contribution in [3.63, 3.8) is 0 Å². The third-order valence-electron chi connectivity index (χ3n) is 2.18. The molecule has 1 nitrogen and oxygen atoms in total. The number of anilines is 1. The Morgan fingerprint density at radius 3 is 2.47 bits per heavy atom. The first-order chi connectivity index (χ1) is 7.18. The standard InChI is InChI=1S/C12H9BrClN/c13-8-5-6-12(15)10(7-8)9-3-1-2-4-11(9)14/h1-7H,15H2. The molecule has 0 spiro atoms. The van der Waals surface area contributed by atoms with Gasteiger partial charge in [0.15, 0.2) is 0 Å². The Bertz CT molecular complexity index is 497. The second-order valence-corrected chi connectivity index (χ2v) is 4.53. The lowest BCUT2D eigenvalue weighted by Gasteiger charge is -2.08. The normalized spacial score (nSPS) is 10.3. The highest BCUT2D eigenvalue weighted by atomic mass is 79.9. The summed E-state index contributed by atoms with van der Waals surface area (Å²) in [5.74, 6) is 0. The van der Waals surface area contributed by atoms with Gasteiger partial charge in [-0.2, -0.15) is 0 Å². The van der Waals surface area contributed by atoms with E-state index >= 15 is 0 Å². The molecule has 0 bridgehead atoms. The molecule has 0 heterocycles. The molecule has 2 N–H and O–H groups in total. The Kier molecular flexibility index (Phi) is 2.98. The molecular formula is C12H9BrClN. The second-order valence-electron chi connectivity index (χ2n) is 3.21. The molecule has 0 aliphatic heterocycles. The summed E-state index contributed by atoms with van der Waals surface area (Å²) in [5, 5.41) is 0.710. The number of hydrogen-bond acceptors (Lipinski definition) is 1. The Morgan fingerprint density at radius 2 is 1.73 bits per heavy atom. The van der Waals surface area contributed by atoms with Gasteiger partial charge in [0.25, 0.3) is 0 Å². The van der Waals surface area contributed by atoms with Crippen molar-refractivity contribution in [2.24, 2.45) is 0 Å². The van der Waals surface area contributed by atoms with Crippen LogP contribution in [0.2, 0.25) is 5.02 Å². The fourth-order valence-electron chi connectivity index (χ4n) is 1.44. The predicted octanol–water partition coefficient (Wildman–Crippen LogP) is 4.35. The number of rotatable bonds is 1. The molecule has 0 amide bonds. The maximum Gasteiger partial charge on any atom is 0.0485 e. The van der Waals surface area contributed by atoms with E-state index in [0.29, 0.717) is 5.02 Å². The highest BCUT2D eigenvalue weighted by Crippen LogP contribution is 2.33. The van der Waals surface area contributed by atoms with Gasteiger partial charge in [-0.3, -0.25) is 0 Å². The van der Waals surface area contributed by atoms with Crippen LogP contribution in [0.1, 0.15) is 0 Å². The zero-order chi connectivity index (χ0) is 10.8. The third kappa shape index (κ3) is 2.16. The van der Waals surface area contributed by atoms with Crippen LogP contribution in [0.5, 0.6) is 0 Å². The van der Waals surface area contributed by atoms with E-state index in [4.69, 9.17) is 17.3 Å². The largest absolute Gasteiger partial charge is 0.398 e. The molecule has 0 unspecified atom stereocenters. The number of nitrogen functional groups attached to an aromatic ring is 1. The first-order valence-electron chi connectivity index (χ1n) is 4.48. The smallest absolute Gasteiger partial charge is 0.0485 e. The molecule has 0 saturated carbocycles. The van der Waals surface area contributed by atoms with Gasteiger partial charge in [-0.25, -0.2) is 0 Å². The Labute approximate surface area is 102 Å². The summed E-state index contributed by atoms with van der Waals surface area (Å²) >= 11 is 9.53. The van der Waals surface area contributed by atoms with Crippen molar-refractivity contribution in [1.82, 2.24) is 0 Å². The summed E-state index contributed by atoms with van der Waals surface area (Å²) < 4.78 is 0.992. The average Bonchev–Trinajstić information content (AvgIpc) is 2.23. The fourth-order valence-corrected chi connectivity index (χ4v) is 2.04. The minimum Gasteiger partial charge on any atom is -0.398 e. The third-order valence-corrected chi connectivity index (χ3v) is 3.00. The zero-order valence-corrected chi connectivity index (χ0v) is 10.2. The summed E-state index contributed by atoms with van der Waals surface area (Å²) in [6.45, 7) is 0. The van der Waals surface area contributed by atoms with Crippen molar-refractivity contribution >= 4 is 33.2 Å². The predicted molar refractivity (Wildman–Crippen MR) is 69.0 cm³/mol. The average molecular weight is 283 g/mol. The van der Waals surface area contributed by atoms with E-state index in [2.05, 4.69) is 15.9 Å². The van der Waals surface area contributed by atoms with Crippen LogP contribution in [0, 0.1) is 0 Å². The maximum atomic E-state index is 6.11. The van der Waals surface area contributed by atoms with Crippen molar-refractivity contribution in [3.8, 4) is 11.1 Å². The molecule has 76 valence electrons. The van der Waals surface area contributed by atoms with Crippen LogP contribution in [0.25, 0.3) is 11.1 Å². The van der Waals surface area contributed by atoms with E-state index in [0.717, 1.165) is 21.3 Å². The molecule has 0 saturated heterocycles. The van der Waals surface area contributed by atoms with E-state index in [-0.39, 0.29) is 0 Å². The molecule has 0 atom stereocenters. The molecule has 2 rings (SSSR count). The minimum atomic E-state index is 0.710. The number of benzene rings is 2. The lowest BCUT2D eigenvalue weighted by molar-refractivity contribution is 1.58. The van der Waals surface area contributed by atoms with Crippen molar-refractivity contribution < 1.29 is 0 Å². The van der Waals surface area contributed by atoms with E-state index in [9.17, 15) is 0 Å². The van der Waals surface area contributed by atoms with Crippen LogP contribution in [0.15, 0.2) is 46.9 Å². The van der Waals surface area contributed by atoms with Crippen LogP contribution in [-0.4, -0.2) is 0 Å². The number of nitrogens with two attached hydrogens (primary N) is 1. The SMILES string of the molecule is Nc1ccc(Br)cc1-c1ccccc1Cl. The van der Waals surface area contributed by atoms with Gasteiger partial charge in [-0.05, 0) is 24.3 Å². The van der Waals surface area contributed by atoms with Crippen molar-refractivity contribution in [1.29, 1.82) is 0 Å². The first kappa shape index (κ1) is 10.5. The summed E-state index contributed by atoms with van der Waals surface area (Å²) in [5.41, 5.74) is 8.55. The maximum absolute atomic E-state index is 6.11. The van der Waals surface area contributed by atoms with Gasteiger partial charge >= 0.3 is 0 Å². The van der Waals surface area contributed by atoms with Crippen LogP contribution in [-0.2, 0) is 0 Å². The van der Waals surface area contributed by atoms with Gasteiger partial charge in [0, 0.05) is 26.3 Å². The molecule has 15 heavy (non-hydrogen) atoms. The Balaban J connectivity index is 2.64. The lowest BCUT2D eigenvalue weighted by atomic mass is 10.0. The highest BCUT2D eigenvalue weighted by Gasteiger charge is 2.06. The summed E-state index contributed by atoms with van der Waals surface area (Å²) in [7, 11) is 0. The van der Waals surface area contributed by atoms with Gasteiger partial charge in [0.1, 0.15) is 0 Å². The van der Waals surface area contributed by atoms with Crippen molar-refractivity contribution in [2.75, 3.05) is 5.73 Å². The van der Waals surface area contributed by atoms with E-state index in [1.54, 1.807) is 0 Å². The van der Waals surface area contributed by atoms with E-state index in [1.165, 1.54) is 0 Å². The lowest BCUT2D eigenvalue weighted by Crippen LogP contribution is -1.90. The molecular weight excluding hydrogens is 273 g/mol. The van der Waals surface area contributed by atoms with Crippen molar-refractivity contribution in [3.05, 3.63) is 52.0 Å². The number of halogens is 2. The molecule has 3 heteroatoms. The Hall–Kier alpha value is -0.990.